The molecule has 8 nitrogen and oxygen atoms in total. The van der Waals surface area contributed by atoms with Crippen LogP contribution in [0.4, 0.5) is 4.79 Å². The molecule has 0 radical (unpaired) electrons. The van der Waals surface area contributed by atoms with Crippen LogP contribution >= 0.6 is 0 Å². The summed E-state index contributed by atoms with van der Waals surface area (Å²) in [5.74, 6) is 0.0998. The molecule has 2 amide bonds. The summed E-state index contributed by atoms with van der Waals surface area (Å²) >= 11 is 0. The van der Waals surface area contributed by atoms with Gasteiger partial charge in [-0.3, -0.25) is 4.68 Å². The van der Waals surface area contributed by atoms with Crippen molar-refractivity contribution in [3.63, 3.8) is 0 Å². The maximum Gasteiger partial charge on any atom is 0.318 e. The summed E-state index contributed by atoms with van der Waals surface area (Å²) in [7, 11) is -3.18. The summed E-state index contributed by atoms with van der Waals surface area (Å²) in [4.78, 5) is 14.4. The Morgan fingerprint density at radius 2 is 2.00 bits per heavy atom. The maximum absolute atomic E-state index is 12.7. The van der Waals surface area contributed by atoms with Gasteiger partial charge in [0.05, 0.1) is 17.5 Å². The van der Waals surface area contributed by atoms with Gasteiger partial charge in [0.25, 0.3) is 0 Å². The third kappa shape index (κ3) is 3.88. The lowest BCUT2D eigenvalue weighted by atomic mass is 9.94. The first-order chi connectivity index (χ1) is 12.3. The number of piperazine rings is 1. The number of hydrogen-bond donors (Lipinski definition) is 1. The summed E-state index contributed by atoms with van der Waals surface area (Å²) in [6.07, 6.45) is 5.01. The zero-order valence-electron chi connectivity index (χ0n) is 15.8. The van der Waals surface area contributed by atoms with Crippen molar-refractivity contribution in [1.29, 1.82) is 0 Å². The van der Waals surface area contributed by atoms with Gasteiger partial charge in [0.15, 0.2) is 0 Å². The number of nitrogens with zero attached hydrogens (tertiary/aromatic N) is 4. The molecule has 26 heavy (non-hydrogen) atoms. The summed E-state index contributed by atoms with van der Waals surface area (Å²) in [5.41, 5.74) is 2.19. The van der Waals surface area contributed by atoms with E-state index in [-0.39, 0.29) is 17.8 Å². The number of fused-ring (bicyclic) bond motifs is 1. The summed E-state index contributed by atoms with van der Waals surface area (Å²) in [6, 6.07) is 0.102. The standard InChI is InChI=1S/C17H29N5O3S/c1-4-26(24,25)21-10-8-20(9-11-21)17(23)18-15-7-5-6-14-12-22(13(2)3)19-16(14)15/h12-13,15H,4-11H2,1-3H3,(H,18,23). The molecule has 0 saturated carbocycles. The van der Waals surface area contributed by atoms with Crippen LogP contribution in [0.2, 0.25) is 0 Å². The molecule has 0 bridgehead atoms. The minimum absolute atomic E-state index is 0.0661. The number of amides is 2. The number of hydrogen-bond acceptors (Lipinski definition) is 4. The number of rotatable bonds is 4. The van der Waals surface area contributed by atoms with Crippen LogP contribution in [-0.2, 0) is 16.4 Å². The van der Waals surface area contributed by atoms with E-state index in [2.05, 4.69) is 30.5 Å². The molecule has 1 aliphatic carbocycles. The lowest BCUT2D eigenvalue weighted by molar-refractivity contribution is 0.167. The molecule has 1 unspecified atom stereocenters. The van der Waals surface area contributed by atoms with Gasteiger partial charge in [-0.2, -0.15) is 9.40 Å². The average molecular weight is 384 g/mol. The van der Waals surface area contributed by atoms with Crippen LogP contribution in [0, 0.1) is 0 Å². The molecule has 1 atom stereocenters. The first-order valence-corrected chi connectivity index (χ1v) is 11.0. The van der Waals surface area contributed by atoms with Crippen molar-refractivity contribution in [2.24, 2.45) is 0 Å². The van der Waals surface area contributed by atoms with Gasteiger partial charge in [0.2, 0.25) is 10.0 Å². The number of aromatic nitrogens is 2. The molecule has 146 valence electrons. The number of sulfonamides is 1. The smallest absolute Gasteiger partial charge is 0.318 e. The highest BCUT2D eigenvalue weighted by atomic mass is 32.2. The molecule has 1 aliphatic heterocycles. The number of urea groups is 1. The van der Waals surface area contributed by atoms with E-state index in [1.165, 1.54) is 9.87 Å². The van der Waals surface area contributed by atoms with Crippen LogP contribution in [0.25, 0.3) is 0 Å². The Morgan fingerprint density at radius 3 is 2.62 bits per heavy atom. The minimum Gasteiger partial charge on any atom is -0.330 e. The Bertz CT molecular complexity index is 750. The largest absolute Gasteiger partial charge is 0.330 e. The lowest BCUT2D eigenvalue weighted by Gasteiger charge is -2.35. The van der Waals surface area contributed by atoms with E-state index in [0.29, 0.717) is 32.2 Å². The van der Waals surface area contributed by atoms with Gasteiger partial charge < -0.3 is 10.2 Å². The third-order valence-electron chi connectivity index (χ3n) is 5.22. The van der Waals surface area contributed by atoms with Crippen molar-refractivity contribution < 1.29 is 13.2 Å². The number of carbonyl (C=O) groups is 1. The molecule has 1 aromatic heterocycles. The Kier molecular flexibility index (Phi) is 5.57. The fourth-order valence-corrected chi connectivity index (χ4v) is 4.64. The minimum atomic E-state index is -3.18. The monoisotopic (exact) mass is 383 g/mol. The Labute approximate surface area is 155 Å². The summed E-state index contributed by atoms with van der Waals surface area (Å²) < 4.78 is 27.3. The van der Waals surface area contributed by atoms with Gasteiger partial charge in [0.1, 0.15) is 0 Å². The number of aryl methyl sites for hydroxylation is 1. The fraction of sp³-hybridized carbons (Fsp3) is 0.765. The van der Waals surface area contributed by atoms with Gasteiger partial charge in [-0.15, -0.1) is 0 Å². The van der Waals surface area contributed by atoms with E-state index >= 15 is 0 Å². The van der Waals surface area contributed by atoms with Crippen molar-refractivity contribution in [3.8, 4) is 0 Å². The maximum atomic E-state index is 12.7. The van der Waals surface area contributed by atoms with E-state index < -0.39 is 10.0 Å². The van der Waals surface area contributed by atoms with Crippen LogP contribution < -0.4 is 5.32 Å². The van der Waals surface area contributed by atoms with Gasteiger partial charge >= 0.3 is 6.03 Å². The molecule has 9 heteroatoms. The summed E-state index contributed by atoms with van der Waals surface area (Å²) in [5, 5.41) is 7.79. The van der Waals surface area contributed by atoms with Gasteiger partial charge in [0, 0.05) is 38.4 Å². The highest BCUT2D eigenvalue weighted by Gasteiger charge is 2.30. The summed E-state index contributed by atoms with van der Waals surface area (Å²) in [6.45, 7) is 7.40. The second-order valence-corrected chi connectivity index (χ2v) is 9.55. The molecule has 1 aromatic rings. The zero-order chi connectivity index (χ0) is 18.9. The van der Waals surface area contributed by atoms with Crippen molar-refractivity contribution in [1.82, 2.24) is 24.3 Å². The molecule has 2 aliphatic rings. The van der Waals surface area contributed by atoms with Crippen LogP contribution in [0.5, 0.6) is 0 Å². The van der Waals surface area contributed by atoms with Crippen LogP contribution in [-0.4, -0.2) is 65.4 Å². The van der Waals surface area contributed by atoms with Crippen molar-refractivity contribution >= 4 is 16.1 Å². The molecule has 1 N–H and O–H groups in total. The highest BCUT2D eigenvalue weighted by molar-refractivity contribution is 7.89. The van der Waals surface area contributed by atoms with Gasteiger partial charge in [-0.25, -0.2) is 13.2 Å². The molecule has 0 spiro atoms. The SMILES string of the molecule is CCS(=O)(=O)N1CCN(C(=O)NC2CCCc3cn(C(C)C)nc32)CC1. The van der Waals surface area contributed by atoms with Crippen molar-refractivity contribution in [2.75, 3.05) is 31.9 Å². The predicted octanol–water partition coefficient (Wildman–Crippen LogP) is 1.52. The Morgan fingerprint density at radius 1 is 1.31 bits per heavy atom. The molecule has 1 saturated heterocycles. The van der Waals surface area contributed by atoms with Crippen molar-refractivity contribution in [2.45, 2.75) is 52.1 Å². The normalized spacial score (nSPS) is 21.7. The topological polar surface area (TPSA) is 87.5 Å². The highest BCUT2D eigenvalue weighted by Crippen LogP contribution is 2.29. The predicted molar refractivity (Wildman–Crippen MR) is 99.4 cm³/mol. The quantitative estimate of drug-likeness (QED) is 0.854. The van der Waals surface area contributed by atoms with E-state index in [4.69, 9.17) is 0 Å². The molecule has 2 heterocycles. The molecule has 1 fully saturated rings. The second kappa shape index (κ2) is 7.56. The average Bonchev–Trinajstić information content (AvgIpc) is 3.07. The molecule has 3 rings (SSSR count). The molecule has 0 aromatic carbocycles. The van der Waals surface area contributed by atoms with Crippen LogP contribution in [0.15, 0.2) is 6.20 Å². The van der Waals surface area contributed by atoms with E-state index in [9.17, 15) is 13.2 Å². The first kappa shape index (κ1) is 19.2. The lowest BCUT2D eigenvalue weighted by Crippen LogP contribution is -2.53. The van der Waals surface area contributed by atoms with E-state index in [1.807, 2.05) is 4.68 Å². The van der Waals surface area contributed by atoms with Crippen LogP contribution in [0.3, 0.4) is 0 Å². The molecular weight excluding hydrogens is 354 g/mol. The third-order valence-corrected chi connectivity index (χ3v) is 7.10. The molecular formula is C17H29N5O3S. The Balaban J connectivity index is 1.62. The first-order valence-electron chi connectivity index (χ1n) is 9.43. The van der Waals surface area contributed by atoms with Crippen molar-refractivity contribution in [3.05, 3.63) is 17.5 Å². The van der Waals surface area contributed by atoms with Gasteiger partial charge in [-0.05, 0) is 45.6 Å². The zero-order valence-corrected chi connectivity index (χ0v) is 16.6. The number of carbonyl (C=O) groups excluding carboxylic acids is 1. The van der Waals surface area contributed by atoms with Gasteiger partial charge in [-0.1, -0.05) is 0 Å². The van der Waals surface area contributed by atoms with E-state index in [0.717, 1.165) is 25.0 Å². The van der Waals surface area contributed by atoms with E-state index in [1.54, 1.807) is 11.8 Å². The van der Waals surface area contributed by atoms with Crippen LogP contribution in [0.1, 0.15) is 57.0 Å². The fourth-order valence-electron chi connectivity index (χ4n) is 3.56. The Hall–Kier alpha value is -1.61. The second-order valence-electron chi connectivity index (χ2n) is 7.29. The number of nitrogens with one attached hydrogen (secondary N) is 1.